The summed E-state index contributed by atoms with van der Waals surface area (Å²) in [6.07, 6.45) is 0. The van der Waals surface area contributed by atoms with Crippen LogP contribution in [0.2, 0.25) is 0 Å². The van der Waals surface area contributed by atoms with Gasteiger partial charge in [-0.15, -0.1) is 0 Å². The normalized spacial score (nSPS) is 18.9. The van der Waals surface area contributed by atoms with E-state index in [4.69, 9.17) is 14.2 Å². The monoisotopic (exact) mass is 439 g/mol. The summed E-state index contributed by atoms with van der Waals surface area (Å²) >= 11 is 0. The fourth-order valence-electron chi connectivity index (χ4n) is 4.30. The van der Waals surface area contributed by atoms with Crippen molar-refractivity contribution in [2.45, 2.75) is 31.5 Å². The lowest BCUT2D eigenvalue weighted by molar-refractivity contribution is -0.202. The van der Waals surface area contributed by atoms with Crippen LogP contribution in [0.4, 0.5) is 0 Å². The molecule has 1 fully saturated rings. The van der Waals surface area contributed by atoms with Gasteiger partial charge in [0, 0.05) is 18.1 Å². The fourth-order valence-corrected chi connectivity index (χ4v) is 4.30. The number of hydrogen-bond donors (Lipinski definition) is 0. The minimum atomic E-state index is -1.58. The van der Waals surface area contributed by atoms with Crippen molar-refractivity contribution in [2.24, 2.45) is 5.92 Å². The van der Waals surface area contributed by atoms with Crippen LogP contribution in [-0.4, -0.2) is 55.0 Å². The van der Waals surface area contributed by atoms with Crippen LogP contribution in [0.25, 0.3) is 0 Å². The van der Waals surface area contributed by atoms with Crippen molar-refractivity contribution in [3.63, 3.8) is 0 Å². The minimum Gasteiger partial charge on any atom is -0.468 e. The Kier molecular flexibility index (Phi) is 6.62. The number of hydrogen-bond acceptors (Lipinski definition) is 7. The Bertz CT molecular complexity index is 966. The van der Waals surface area contributed by atoms with Crippen LogP contribution in [0.5, 0.6) is 0 Å². The maximum atomic E-state index is 13.1. The quantitative estimate of drug-likeness (QED) is 0.282. The number of β-lactam (4-membered cyclic amide) rings is 1. The van der Waals surface area contributed by atoms with Crippen LogP contribution in [-0.2, 0) is 39.0 Å². The highest BCUT2D eigenvalue weighted by Gasteiger charge is 2.66. The Hall–Kier alpha value is -3.68. The van der Waals surface area contributed by atoms with E-state index in [1.165, 1.54) is 33.0 Å². The van der Waals surface area contributed by atoms with Gasteiger partial charge in [-0.05, 0) is 6.92 Å². The zero-order valence-electron chi connectivity index (χ0n) is 18.3. The molecule has 3 rings (SSSR count). The number of rotatable bonds is 7. The first-order valence-electron chi connectivity index (χ1n) is 10.1. The van der Waals surface area contributed by atoms with Crippen molar-refractivity contribution in [2.75, 3.05) is 14.2 Å². The molecule has 1 unspecified atom stereocenters. The van der Waals surface area contributed by atoms with E-state index >= 15 is 0 Å². The molecule has 1 amide bonds. The zero-order chi connectivity index (χ0) is 23.5. The van der Waals surface area contributed by atoms with E-state index in [1.807, 2.05) is 0 Å². The largest absolute Gasteiger partial charge is 0.468 e. The fraction of sp³-hybridized carbons (Fsp3) is 0.333. The average molecular weight is 439 g/mol. The number of amides is 1. The molecular formula is C24H25NO7. The van der Waals surface area contributed by atoms with Gasteiger partial charge in [0.1, 0.15) is 12.1 Å². The molecule has 8 heteroatoms. The number of carbonyl (C=O) groups is 4. The van der Waals surface area contributed by atoms with Crippen LogP contribution >= 0.6 is 0 Å². The molecule has 0 radical (unpaired) electrons. The van der Waals surface area contributed by atoms with Crippen LogP contribution in [0.3, 0.4) is 0 Å². The van der Waals surface area contributed by atoms with Crippen molar-refractivity contribution >= 4 is 23.8 Å². The molecule has 2 aromatic carbocycles. The van der Waals surface area contributed by atoms with Crippen molar-refractivity contribution < 1.29 is 33.4 Å². The molecule has 0 saturated carbocycles. The third-order valence-corrected chi connectivity index (χ3v) is 5.68. The summed E-state index contributed by atoms with van der Waals surface area (Å²) < 4.78 is 15.7. The van der Waals surface area contributed by atoms with Crippen molar-refractivity contribution in [3.8, 4) is 0 Å². The molecule has 1 saturated heterocycles. The molecule has 3 atom stereocenters. The second-order valence-electron chi connectivity index (χ2n) is 7.45. The van der Waals surface area contributed by atoms with Crippen molar-refractivity contribution in [1.29, 1.82) is 0 Å². The number of carbonyl (C=O) groups excluding carboxylic acids is 4. The van der Waals surface area contributed by atoms with Gasteiger partial charge in [-0.25, -0.2) is 4.79 Å². The molecule has 0 N–H and O–H groups in total. The van der Waals surface area contributed by atoms with Gasteiger partial charge in [0.05, 0.1) is 14.2 Å². The summed E-state index contributed by atoms with van der Waals surface area (Å²) in [5.74, 6) is -3.96. The molecule has 0 aliphatic carbocycles. The van der Waals surface area contributed by atoms with Gasteiger partial charge in [-0.3, -0.25) is 14.4 Å². The van der Waals surface area contributed by atoms with Crippen LogP contribution in [0.1, 0.15) is 25.0 Å². The number of ether oxygens (including phenoxy) is 3. The first-order chi connectivity index (χ1) is 15.3. The Morgan fingerprint density at radius 2 is 1.41 bits per heavy atom. The number of esters is 3. The Morgan fingerprint density at radius 1 is 0.906 bits per heavy atom. The molecule has 1 heterocycles. The number of benzene rings is 2. The van der Waals surface area contributed by atoms with Gasteiger partial charge < -0.3 is 19.1 Å². The third-order valence-electron chi connectivity index (χ3n) is 5.68. The maximum Gasteiger partial charge on any atom is 0.328 e. The molecule has 0 bridgehead atoms. The average Bonchev–Trinajstić information content (AvgIpc) is 2.81. The number of nitrogens with zero attached hydrogens (tertiary/aromatic N) is 1. The lowest BCUT2D eigenvalue weighted by Crippen LogP contribution is -2.74. The Labute approximate surface area is 186 Å². The van der Waals surface area contributed by atoms with Gasteiger partial charge >= 0.3 is 17.9 Å². The standard InChI is InChI=1S/C24H25NO7/c1-15(22(28)30-3)25-20(19(21(25)27)23(29)31-4)24(32-16(2)26,17-11-7-5-8-12-17)18-13-9-6-10-14-18/h5-15,19-20H,1-4H3/t15?,19-,20+/m1/s1. The molecule has 168 valence electrons. The summed E-state index contributed by atoms with van der Waals surface area (Å²) in [5, 5.41) is 0. The second kappa shape index (κ2) is 9.21. The summed E-state index contributed by atoms with van der Waals surface area (Å²) in [4.78, 5) is 51.8. The molecule has 1 aliphatic rings. The Morgan fingerprint density at radius 3 is 1.81 bits per heavy atom. The summed E-state index contributed by atoms with van der Waals surface area (Å²) in [6, 6.07) is 15.5. The predicted octanol–water partition coefficient (Wildman–Crippen LogP) is 2.05. The van der Waals surface area contributed by atoms with Crippen molar-refractivity contribution in [1.82, 2.24) is 4.90 Å². The Balaban J connectivity index is 2.33. The summed E-state index contributed by atoms with van der Waals surface area (Å²) in [5.41, 5.74) is -0.506. The topological polar surface area (TPSA) is 99.2 Å². The van der Waals surface area contributed by atoms with Crippen LogP contribution in [0.15, 0.2) is 60.7 Å². The number of likely N-dealkylation sites (tertiary alicyclic amines) is 1. The smallest absolute Gasteiger partial charge is 0.328 e. The predicted molar refractivity (Wildman–Crippen MR) is 113 cm³/mol. The highest BCUT2D eigenvalue weighted by atomic mass is 16.6. The highest BCUT2D eigenvalue weighted by molar-refractivity contribution is 6.05. The van der Waals surface area contributed by atoms with Gasteiger partial charge in [-0.1, -0.05) is 60.7 Å². The first-order valence-corrected chi connectivity index (χ1v) is 10.1. The van der Waals surface area contributed by atoms with E-state index in [1.54, 1.807) is 60.7 Å². The second-order valence-corrected chi connectivity index (χ2v) is 7.45. The molecule has 0 spiro atoms. The maximum absolute atomic E-state index is 13.1. The minimum absolute atomic E-state index is 0.537. The van der Waals surface area contributed by atoms with Gasteiger partial charge in [0.15, 0.2) is 11.5 Å². The summed E-state index contributed by atoms with van der Waals surface area (Å²) in [6.45, 7) is 2.75. The highest BCUT2D eigenvalue weighted by Crippen LogP contribution is 2.48. The van der Waals surface area contributed by atoms with E-state index in [0.29, 0.717) is 11.1 Å². The third kappa shape index (κ3) is 3.72. The first kappa shape index (κ1) is 23.0. The molecule has 8 nitrogen and oxygen atoms in total. The SMILES string of the molecule is COC(=O)C(C)N1C(=O)[C@H](C(=O)OC)[C@H]1C(OC(C)=O)(c1ccccc1)c1ccccc1. The molecule has 0 aromatic heterocycles. The molecule has 32 heavy (non-hydrogen) atoms. The van der Waals surface area contributed by atoms with Crippen LogP contribution < -0.4 is 0 Å². The van der Waals surface area contributed by atoms with Gasteiger partial charge in [-0.2, -0.15) is 0 Å². The lowest BCUT2D eigenvalue weighted by Gasteiger charge is -2.55. The van der Waals surface area contributed by atoms with E-state index in [0.717, 1.165) is 0 Å². The zero-order valence-corrected chi connectivity index (χ0v) is 18.3. The van der Waals surface area contributed by atoms with E-state index in [9.17, 15) is 19.2 Å². The van der Waals surface area contributed by atoms with E-state index in [-0.39, 0.29) is 0 Å². The lowest BCUT2D eigenvalue weighted by atomic mass is 9.68. The summed E-state index contributed by atoms with van der Waals surface area (Å²) in [7, 11) is 2.39. The van der Waals surface area contributed by atoms with Crippen molar-refractivity contribution in [3.05, 3.63) is 71.8 Å². The van der Waals surface area contributed by atoms with Gasteiger partial charge in [0.25, 0.3) is 0 Å². The molecular weight excluding hydrogens is 414 g/mol. The molecule has 2 aromatic rings. The molecule has 1 aliphatic heterocycles. The number of methoxy groups -OCH3 is 2. The van der Waals surface area contributed by atoms with Gasteiger partial charge in [0.2, 0.25) is 5.91 Å². The van der Waals surface area contributed by atoms with E-state index in [2.05, 4.69) is 0 Å². The van der Waals surface area contributed by atoms with Crippen LogP contribution in [0, 0.1) is 5.92 Å². The van der Waals surface area contributed by atoms with E-state index < -0.39 is 47.4 Å².